The summed E-state index contributed by atoms with van der Waals surface area (Å²) in [5.74, 6) is -0.281. The lowest BCUT2D eigenvalue weighted by Crippen LogP contribution is -2.27. The van der Waals surface area contributed by atoms with Crippen molar-refractivity contribution in [3.05, 3.63) is 48.1 Å². The summed E-state index contributed by atoms with van der Waals surface area (Å²) in [6, 6.07) is 1.36. The Morgan fingerprint density at radius 1 is 1.35 bits per heavy atom. The molecule has 134 valence electrons. The van der Waals surface area contributed by atoms with E-state index in [0.717, 1.165) is 19.5 Å². The molecule has 26 heavy (non-hydrogen) atoms. The summed E-state index contributed by atoms with van der Waals surface area (Å²) in [7, 11) is 0. The van der Waals surface area contributed by atoms with Crippen LogP contribution in [0.4, 0.5) is 15.9 Å². The number of rotatable bonds is 3. The Bertz CT molecular complexity index is 969. The summed E-state index contributed by atoms with van der Waals surface area (Å²) in [6.45, 7) is 3.32. The van der Waals surface area contributed by atoms with E-state index in [9.17, 15) is 9.18 Å². The molecule has 9 heteroatoms. The number of imidazole rings is 1. The van der Waals surface area contributed by atoms with Gasteiger partial charge in [-0.05, 0) is 13.3 Å². The monoisotopic (exact) mass is 355 g/mol. The first kappa shape index (κ1) is 16.4. The molecule has 1 saturated heterocycles. The van der Waals surface area contributed by atoms with Gasteiger partial charge in [-0.3, -0.25) is 4.79 Å². The number of carbonyl (C=O) groups is 1. The number of amides is 1. The van der Waals surface area contributed by atoms with Crippen LogP contribution in [0.2, 0.25) is 0 Å². The minimum Gasteiger partial charge on any atom is -0.354 e. The highest BCUT2D eigenvalue weighted by Gasteiger charge is 2.21. The van der Waals surface area contributed by atoms with Crippen LogP contribution in [0.3, 0.4) is 0 Å². The van der Waals surface area contributed by atoms with E-state index >= 15 is 0 Å². The number of aryl methyl sites for hydroxylation is 1. The third kappa shape index (κ3) is 3.08. The molecule has 3 aromatic rings. The molecule has 1 fully saturated rings. The number of fused-ring (bicyclic) bond motifs is 1. The molecule has 3 aromatic heterocycles. The fourth-order valence-corrected chi connectivity index (χ4v) is 3.04. The van der Waals surface area contributed by atoms with Crippen LogP contribution in [0, 0.1) is 12.7 Å². The molecule has 0 aromatic carbocycles. The second-order valence-electron chi connectivity index (χ2n) is 6.40. The van der Waals surface area contributed by atoms with E-state index in [0.29, 0.717) is 17.2 Å². The van der Waals surface area contributed by atoms with Gasteiger partial charge >= 0.3 is 0 Å². The Balaban J connectivity index is 1.51. The molecule has 1 aliphatic heterocycles. The SMILES string of the molecule is Cc1cn2cc(NC(=O)c3cnc(N4CC[C@@H](N)C4)cn3)cc(F)c2n1. The maximum Gasteiger partial charge on any atom is 0.275 e. The number of pyridine rings is 1. The van der Waals surface area contributed by atoms with Gasteiger partial charge in [0, 0.05) is 37.6 Å². The van der Waals surface area contributed by atoms with E-state index in [1.54, 1.807) is 25.5 Å². The van der Waals surface area contributed by atoms with Crippen molar-refractivity contribution in [1.82, 2.24) is 19.4 Å². The van der Waals surface area contributed by atoms with Crippen molar-refractivity contribution < 1.29 is 9.18 Å². The Hall–Kier alpha value is -3.07. The summed E-state index contributed by atoms with van der Waals surface area (Å²) >= 11 is 0. The van der Waals surface area contributed by atoms with Gasteiger partial charge < -0.3 is 20.4 Å². The maximum atomic E-state index is 14.1. The van der Waals surface area contributed by atoms with Crippen LogP contribution < -0.4 is 16.0 Å². The molecule has 0 saturated carbocycles. The molecule has 0 bridgehead atoms. The summed E-state index contributed by atoms with van der Waals surface area (Å²) < 4.78 is 15.6. The van der Waals surface area contributed by atoms with E-state index in [-0.39, 0.29) is 17.4 Å². The van der Waals surface area contributed by atoms with Gasteiger partial charge in [0.25, 0.3) is 5.91 Å². The van der Waals surface area contributed by atoms with Crippen LogP contribution in [-0.2, 0) is 0 Å². The zero-order chi connectivity index (χ0) is 18.3. The van der Waals surface area contributed by atoms with E-state index < -0.39 is 11.7 Å². The molecule has 0 aliphatic carbocycles. The number of hydrogen-bond donors (Lipinski definition) is 2. The molecule has 4 heterocycles. The van der Waals surface area contributed by atoms with Crippen LogP contribution in [0.5, 0.6) is 0 Å². The molecule has 1 aliphatic rings. The highest BCUT2D eigenvalue weighted by molar-refractivity contribution is 6.02. The molecule has 4 rings (SSSR count). The highest BCUT2D eigenvalue weighted by Crippen LogP contribution is 2.18. The summed E-state index contributed by atoms with van der Waals surface area (Å²) in [5.41, 5.74) is 7.26. The Morgan fingerprint density at radius 2 is 2.19 bits per heavy atom. The zero-order valence-corrected chi connectivity index (χ0v) is 14.2. The first-order chi connectivity index (χ1) is 12.5. The molecular weight excluding hydrogens is 337 g/mol. The van der Waals surface area contributed by atoms with Crippen molar-refractivity contribution in [3.63, 3.8) is 0 Å². The molecule has 8 nitrogen and oxygen atoms in total. The highest BCUT2D eigenvalue weighted by atomic mass is 19.1. The third-order valence-electron chi connectivity index (χ3n) is 4.30. The van der Waals surface area contributed by atoms with Crippen molar-refractivity contribution in [2.24, 2.45) is 5.73 Å². The molecule has 3 N–H and O–H groups in total. The summed E-state index contributed by atoms with van der Waals surface area (Å²) in [4.78, 5) is 26.9. The third-order valence-corrected chi connectivity index (χ3v) is 4.30. The number of nitrogens with one attached hydrogen (secondary N) is 1. The topological polar surface area (TPSA) is 101 Å². The van der Waals surface area contributed by atoms with Gasteiger partial charge in [-0.15, -0.1) is 0 Å². The predicted octanol–water partition coefficient (Wildman–Crippen LogP) is 1.36. The first-order valence-corrected chi connectivity index (χ1v) is 8.28. The number of nitrogens with zero attached hydrogens (tertiary/aromatic N) is 5. The fraction of sp³-hybridized carbons (Fsp3) is 0.294. The maximum absolute atomic E-state index is 14.1. The average molecular weight is 355 g/mol. The fourth-order valence-electron chi connectivity index (χ4n) is 3.04. The normalized spacial score (nSPS) is 17.0. The number of carbonyl (C=O) groups excluding carboxylic acids is 1. The van der Waals surface area contributed by atoms with Gasteiger partial charge in [0.2, 0.25) is 0 Å². The second-order valence-corrected chi connectivity index (χ2v) is 6.40. The van der Waals surface area contributed by atoms with Gasteiger partial charge in [-0.25, -0.2) is 19.3 Å². The Kier molecular flexibility index (Phi) is 4.00. The number of aromatic nitrogens is 4. The van der Waals surface area contributed by atoms with Gasteiger partial charge in [0.15, 0.2) is 11.5 Å². The van der Waals surface area contributed by atoms with Crippen molar-refractivity contribution in [2.75, 3.05) is 23.3 Å². The van der Waals surface area contributed by atoms with E-state index in [1.807, 2.05) is 4.90 Å². The van der Waals surface area contributed by atoms with Crippen LogP contribution in [0.25, 0.3) is 5.65 Å². The lowest BCUT2D eigenvalue weighted by atomic mass is 10.3. The number of halogens is 1. The number of hydrogen-bond acceptors (Lipinski definition) is 6. The average Bonchev–Trinajstić information content (AvgIpc) is 3.20. The minimum absolute atomic E-state index is 0.136. The van der Waals surface area contributed by atoms with Crippen LogP contribution in [0.1, 0.15) is 22.6 Å². The number of anilines is 2. The van der Waals surface area contributed by atoms with Crippen LogP contribution in [0.15, 0.2) is 30.9 Å². The molecule has 0 unspecified atom stereocenters. The Morgan fingerprint density at radius 3 is 2.88 bits per heavy atom. The van der Waals surface area contributed by atoms with E-state index in [1.165, 1.54) is 16.7 Å². The minimum atomic E-state index is -0.511. The van der Waals surface area contributed by atoms with Gasteiger partial charge in [0.05, 0.1) is 23.8 Å². The molecule has 1 atom stereocenters. The summed E-state index contributed by atoms with van der Waals surface area (Å²) in [6.07, 6.45) is 7.15. The smallest absolute Gasteiger partial charge is 0.275 e. The lowest BCUT2D eigenvalue weighted by Gasteiger charge is -2.16. The van der Waals surface area contributed by atoms with Gasteiger partial charge in [-0.2, -0.15) is 0 Å². The quantitative estimate of drug-likeness (QED) is 0.736. The van der Waals surface area contributed by atoms with Crippen LogP contribution in [-0.4, -0.2) is 44.4 Å². The number of nitrogens with two attached hydrogens (primary N) is 1. The second kappa shape index (κ2) is 6.34. The van der Waals surface area contributed by atoms with Crippen molar-refractivity contribution in [3.8, 4) is 0 Å². The van der Waals surface area contributed by atoms with E-state index in [4.69, 9.17) is 5.73 Å². The molecule has 1 amide bonds. The van der Waals surface area contributed by atoms with Gasteiger partial charge in [0.1, 0.15) is 11.5 Å². The van der Waals surface area contributed by atoms with E-state index in [2.05, 4.69) is 20.3 Å². The molecule has 0 spiro atoms. The van der Waals surface area contributed by atoms with Gasteiger partial charge in [-0.1, -0.05) is 0 Å². The molecule has 0 radical (unpaired) electrons. The Labute approximate surface area is 148 Å². The summed E-state index contributed by atoms with van der Waals surface area (Å²) in [5, 5.41) is 2.63. The molecular formula is C17H18FN7O. The zero-order valence-electron chi connectivity index (χ0n) is 14.2. The van der Waals surface area contributed by atoms with Crippen molar-refractivity contribution >= 4 is 23.1 Å². The van der Waals surface area contributed by atoms with Crippen molar-refractivity contribution in [1.29, 1.82) is 0 Å². The van der Waals surface area contributed by atoms with Crippen molar-refractivity contribution in [2.45, 2.75) is 19.4 Å². The van der Waals surface area contributed by atoms with Crippen LogP contribution >= 0.6 is 0 Å². The largest absolute Gasteiger partial charge is 0.354 e. The first-order valence-electron chi connectivity index (χ1n) is 8.28. The lowest BCUT2D eigenvalue weighted by molar-refractivity contribution is 0.102. The standard InChI is InChI=1S/C17H18FN7O/c1-10-7-25-9-12(4-13(18)16(25)22-10)23-17(26)14-5-21-15(6-20-14)24-3-2-11(19)8-24/h4-7,9,11H,2-3,8,19H2,1H3,(H,23,26)/t11-/m1/s1. The predicted molar refractivity (Wildman–Crippen MR) is 94.7 cm³/mol.